The molecular formula is C11H16FN5O11P3+. The molecule has 172 valence electrons. The van der Waals surface area contributed by atoms with Gasteiger partial charge in [0, 0.05) is 10.5 Å². The Morgan fingerprint density at radius 3 is 2.65 bits per heavy atom. The Kier molecular flexibility index (Phi) is 7.15. The summed E-state index contributed by atoms with van der Waals surface area (Å²) in [6.07, 6.45) is -1.68. The minimum atomic E-state index is -5.42. The molecule has 3 rings (SSSR count). The third kappa shape index (κ3) is 5.48. The lowest BCUT2D eigenvalue weighted by molar-refractivity contribution is -0.0487. The number of fused-ring (bicyclic) bond motifs is 1. The fourth-order valence-corrected chi connectivity index (χ4v) is 5.52. The zero-order valence-electron chi connectivity index (χ0n) is 15.1. The van der Waals surface area contributed by atoms with Crippen molar-refractivity contribution < 1.29 is 55.8 Å². The van der Waals surface area contributed by atoms with Crippen molar-refractivity contribution in [3.05, 3.63) is 12.7 Å². The number of nitrogens with two attached hydrogens (primary N) is 1. The molecule has 1 aliphatic heterocycles. The maximum absolute atomic E-state index is 13.5. The van der Waals surface area contributed by atoms with Crippen LogP contribution in [0.5, 0.6) is 0 Å². The number of anilines is 1. The Bertz CT molecular complexity index is 1070. The molecule has 20 heteroatoms. The molecule has 0 bridgehead atoms. The number of hydrogen-bond donors (Lipinski definition) is 5. The molecule has 31 heavy (non-hydrogen) atoms. The highest BCUT2D eigenvalue weighted by Crippen LogP contribution is 2.63. The number of imidazole rings is 1. The van der Waals surface area contributed by atoms with Crippen molar-refractivity contribution in [1.29, 1.82) is 0 Å². The lowest BCUT2D eigenvalue weighted by atomic mass is 10.00. The third-order valence-corrected chi connectivity index (χ3v) is 7.65. The standard InChI is InChI=1S/C11H15FN5O11P3/c12-1-5-6(2-25-30(21,22)28-31(23,24)27-29(19)20)26-11(8(5)18)17-4-16-7-9(13)14-3-15-10(7)17/h3-6,8,11,18H,1-2H2,(H4-,13,14,15,19,20,21,22,23,24)/p+1/t5-,6-,8-,11-/m1/s1. The van der Waals surface area contributed by atoms with Gasteiger partial charge in [0.15, 0.2) is 17.7 Å². The summed E-state index contributed by atoms with van der Waals surface area (Å²) in [6, 6.07) is 0. The number of aliphatic hydroxyl groups excluding tert-OH is 1. The number of rotatable bonds is 9. The summed E-state index contributed by atoms with van der Waals surface area (Å²) in [5, 5.41) is 10.5. The van der Waals surface area contributed by atoms with Crippen LogP contribution in [0.4, 0.5) is 10.2 Å². The molecule has 0 spiro atoms. The maximum atomic E-state index is 13.5. The molecule has 3 unspecified atom stereocenters. The van der Waals surface area contributed by atoms with Crippen molar-refractivity contribution in [2.75, 3.05) is 19.0 Å². The van der Waals surface area contributed by atoms with E-state index in [4.69, 9.17) is 20.3 Å². The summed E-state index contributed by atoms with van der Waals surface area (Å²) in [4.78, 5) is 38.9. The van der Waals surface area contributed by atoms with Gasteiger partial charge in [-0.15, -0.1) is 4.89 Å². The Hall–Kier alpha value is -1.48. The molecule has 0 amide bonds. The number of alkyl halides is 1. The SMILES string of the molecule is Nc1ncnc2c1ncn2[C@@H]1O[C@H](COP(=O)(O)OP(=O)(O)O[P+](=O)O)[C@@H](CF)[C@H]1O. The Morgan fingerprint density at radius 2 is 2.00 bits per heavy atom. The monoisotopic (exact) mass is 506 g/mol. The molecule has 1 aliphatic rings. The van der Waals surface area contributed by atoms with Crippen LogP contribution in [0.2, 0.25) is 0 Å². The van der Waals surface area contributed by atoms with Crippen LogP contribution in [-0.2, 0) is 31.6 Å². The first-order chi connectivity index (χ1) is 14.4. The van der Waals surface area contributed by atoms with E-state index in [1.807, 2.05) is 0 Å². The van der Waals surface area contributed by atoms with Gasteiger partial charge in [-0.25, -0.2) is 24.1 Å². The van der Waals surface area contributed by atoms with Crippen molar-refractivity contribution in [1.82, 2.24) is 19.5 Å². The average Bonchev–Trinajstić information content (AvgIpc) is 3.19. The van der Waals surface area contributed by atoms with Crippen LogP contribution in [0, 0.1) is 5.92 Å². The molecule has 0 aromatic carbocycles. The van der Waals surface area contributed by atoms with Gasteiger partial charge in [0.1, 0.15) is 17.9 Å². The number of phosphoric ester groups is 1. The minimum Gasteiger partial charge on any atom is -0.388 e. The lowest BCUT2D eigenvalue weighted by Crippen LogP contribution is -2.30. The summed E-state index contributed by atoms with van der Waals surface area (Å²) in [7, 11) is -14.4. The number of nitrogen functional groups attached to an aromatic ring is 1. The summed E-state index contributed by atoms with van der Waals surface area (Å²) in [6.45, 7) is -2.00. The molecule has 16 nitrogen and oxygen atoms in total. The summed E-state index contributed by atoms with van der Waals surface area (Å²) < 4.78 is 65.9. The van der Waals surface area contributed by atoms with Crippen LogP contribution in [-0.4, -0.2) is 64.8 Å². The quantitative estimate of drug-likeness (QED) is 0.285. The van der Waals surface area contributed by atoms with Crippen molar-refractivity contribution in [2.45, 2.75) is 18.4 Å². The van der Waals surface area contributed by atoms with Gasteiger partial charge in [0.05, 0.1) is 25.7 Å². The Labute approximate surface area is 172 Å². The molecule has 1 saturated heterocycles. The number of nitrogens with zero attached hydrogens (tertiary/aromatic N) is 4. The molecule has 0 saturated carbocycles. The zero-order chi connectivity index (χ0) is 23.0. The molecule has 3 heterocycles. The van der Waals surface area contributed by atoms with Gasteiger partial charge in [0.2, 0.25) is 0 Å². The molecule has 6 N–H and O–H groups in total. The highest BCUT2D eigenvalue weighted by molar-refractivity contribution is 7.64. The van der Waals surface area contributed by atoms with Gasteiger partial charge in [0.25, 0.3) is 0 Å². The summed E-state index contributed by atoms with van der Waals surface area (Å²) in [5.74, 6) is -1.19. The van der Waals surface area contributed by atoms with Crippen LogP contribution in [0.1, 0.15) is 6.23 Å². The van der Waals surface area contributed by atoms with E-state index in [9.17, 15) is 28.1 Å². The molecular weight excluding hydrogens is 490 g/mol. The number of phosphoric acid groups is 2. The van der Waals surface area contributed by atoms with Crippen LogP contribution in [0.15, 0.2) is 12.7 Å². The second kappa shape index (κ2) is 9.17. The zero-order valence-corrected chi connectivity index (χ0v) is 17.8. The van der Waals surface area contributed by atoms with Crippen molar-refractivity contribution in [3.8, 4) is 0 Å². The molecule has 1 fully saturated rings. The third-order valence-electron chi connectivity index (χ3n) is 4.14. The molecule has 2 aromatic heterocycles. The predicted molar refractivity (Wildman–Crippen MR) is 96.7 cm³/mol. The highest BCUT2D eigenvalue weighted by Gasteiger charge is 2.48. The Balaban J connectivity index is 1.73. The first kappa shape index (κ1) is 24.2. The van der Waals surface area contributed by atoms with E-state index in [2.05, 4.69) is 28.1 Å². The molecule has 0 aliphatic carbocycles. The topological polar surface area (TPSA) is 239 Å². The van der Waals surface area contributed by atoms with Crippen LogP contribution >= 0.6 is 23.9 Å². The van der Waals surface area contributed by atoms with Gasteiger partial charge in [-0.3, -0.25) is 18.4 Å². The molecule has 7 atom stereocenters. The first-order valence-corrected chi connectivity index (χ1v) is 12.3. The molecule has 2 aromatic rings. The summed E-state index contributed by atoms with van der Waals surface area (Å²) >= 11 is 0. The van der Waals surface area contributed by atoms with E-state index in [1.165, 1.54) is 10.9 Å². The highest BCUT2D eigenvalue weighted by atomic mass is 31.3. The molecule has 0 radical (unpaired) electrons. The second-order valence-corrected chi connectivity index (χ2v) is 10.0. The average molecular weight is 506 g/mol. The summed E-state index contributed by atoms with van der Waals surface area (Å²) in [5.41, 5.74) is 6.06. The predicted octanol–water partition coefficient (Wildman–Crippen LogP) is 0.153. The van der Waals surface area contributed by atoms with E-state index in [1.54, 1.807) is 0 Å². The van der Waals surface area contributed by atoms with Gasteiger partial charge in [-0.05, 0) is 4.31 Å². The van der Waals surface area contributed by atoms with Crippen molar-refractivity contribution >= 4 is 40.9 Å². The van der Waals surface area contributed by atoms with Gasteiger partial charge in [-0.1, -0.05) is 0 Å². The fraction of sp³-hybridized carbons (Fsp3) is 0.545. The van der Waals surface area contributed by atoms with E-state index in [0.29, 0.717) is 0 Å². The van der Waals surface area contributed by atoms with Crippen LogP contribution in [0.3, 0.4) is 0 Å². The number of ether oxygens (including phenoxy) is 1. The first-order valence-electron chi connectivity index (χ1n) is 8.14. The number of hydrogen-bond acceptors (Lipinski definition) is 12. The van der Waals surface area contributed by atoms with E-state index >= 15 is 0 Å². The largest absolute Gasteiger partial charge is 0.705 e. The van der Waals surface area contributed by atoms with E-state index in [0.717, 1.165) is 6.33 Å². The van der Waals surface area contributed by atoms with Gasteiger partial charge >= 0.3 is 23.9 Å². The second-order valence-electron chi connectivity index (χ2n) is 6.09. The van der Waals surface area contributed by atoms with Gasteiger partial charge < -0.3 is 20.5 Å². The minimum absolute atomic E-state index is 0.0526. The fourth-order valence-electron chi connectivity index (χ4n) is 2.86. The number of aromatic nitrogens is 4. The normalized spacial score (nSPS) is 28.4. The Morgan fingerprint density at radius 1 is 1.29 bits per heavy atom. The van der Waals surface area contributed by atoms with Crippen molar-refractivity contribution in [2.24, 2.45) is 5.92 Å². The van der Waals surface area contributed by atoms with Crippen LogP contribution < -0.4 is 5.73 Å². The number of halogens is 1. The van der Waals surface area contributed by atoms with Crippen LogP contribution in [0.25, 0.3) is 11.2 Å². The van der Waals surface area contributed by atoms with E-state index in [-0.39, 0.29) is 17.0 Å². The van der Waals surface area contributed by atoms with E-state index < -0.39 is 61.5 Å². The van der Waals surface area contributed by atoms with Gasteiger partial charge in [-0.2, -0.15) is 4.31 Å². The lowest BCUT2D eigenvalue weighted by Gasteiger charge is -2.18. The smallest absolute Gasteiger partial charge is 0.388 e. The van der Waals surface area contributed by atoms with Crippen molar-refractivity contribution in [3.63, 3.8) is 0 Å². The maximum Gasteiger partial charge on any atom is 0.705 e. The number of aliphatic hydroxyl groups is 1.